The van der Waals surface area contributed by atoms with Crippen molar-refractivity contribution in [3.8, 4) is 0 Å². The highest BCUT2D eigenvalue weighted by Gasteiger charge is 2.43. The molecular weight excluding hydrogens is 348 g/mol. The summed E-state index contributed by atoms with van der Waals surface area (Å²) in [6.45, 7) is 1.36. The molecule has 0 aliphatic carbocycles. The van der Waals surface area contributed by atoms with E-state index in [2.05, 4.69) is 46.6 Å². The van der Waals surface area contributed by atoms with Crippen molar-refractivity contribution in [1.82, 2.24) is 4.90 Å². The first-order valence-electron chi connectivity index (χ1n) is 10.6. The maximum Gasteiger partial charge on any atom is 0.322 e. The van der Waals surface area contributed by atoms with Crippen LogP contribution in [0, 0.1) is 5.92 Å². The number of hydrogen-bond acceptors (Lipinski definition) is 2. The Morgan fingerprint density at radius 3 is 2.61 bits per heavy atom. The van der Waals surface area contributed by atoms with E-state index in [0.717, 1.165) is 56.4 Å². The minimum atomic E-state index is 0.0737. The van der Waals surface area contributed by atoms with Gasteiger partial charge in [-0.05, 0) is 61.6 Å². The molecule has 4 heteroatoms. The Bertz CT molecular complexity index is 837. The molecule has 4 nitrogen and oxygen atoms in total. The molecule has 3 heterocycles. The Hall–Kier alpha value is -2.33. The first kappa shape index (κ1) is 17.7. The van der Waals surface area contributed by atoms with Gasteiger partial charge >= 0.3 is 6.03 Å². The summed E-state index contributed by atoms with van der Waals surface area (Å²) in [5.74, 6) is 0.682. The molecule has 2 saturated heterocycles. The second-order valence-corrected chi connectivity index (χ2v) is 8.50. The molecule has 5 rings (SSSR count). The Morgan fingerprint density at radius 1 is 1.04 bits per heavy atom. The third-order valence-corrected chi connectivity index (χ3v) is 6.71. The number of ether oxygens (including phenoxy) is 1. The summed E-state index contributed by atoms with van der Waals surface area (Å²) in [5, 5.41) is 3.21. The highest BCUT2D eigenvalue weighted by atomic mass is 16.5. The molecule has 146 valence electrons. The smallest absolute Gasteiger partial charge is 0.322 e. The predicted molar refractivity (Wildman–Crippen MR) is 110 cm³/mol. The van der Waals surface area contributed by atoms with Gasteiger partial charge in [-0.2, -0.15) is 0 Å². The molecule has 2 amide bonds. The topological polar surface area (TPSA) is 41.6 Å². The zero-order chi connectivity index (χ0) is 18.9. The van der Waals surface area contributed by atoms with Crippen LogP contribution < -0.4 is 5.32 Å². The van der Waals surface area contributed by atoms with E-state index in [4.69, 9.17) is 4.74 Å². The van der Waals surface area contributed by atoms with E-state index in [9.17, 15) is 4.79 Å². The molecule has 0 saturated carbocycles. The van der Waals surface area contributed by atoms with Crippen molar-refractivity contribution in [2.24, 2.45) is 5.92 Å². The van der Waals surface area contributed by atoms with Gasteiger partial charge in [0.05, 0.1) is 13.2 Å². The van der Waals surface area contributed by atoms with Gasteiger partial charge in [0, 0.05) is 23.3 Å². The van der Waals surface area contributed by atoms with Crippen molar-refractivity contribution in [2.45, 2.75) is 57.2 Å². The molecule has 2 aromatic carbocycles. The lowest BCUT2D eigenvalue weighted by Crippen LogP contribution is -2.48. The predicted octanol–water partition coefficient (Wildman–Crippen LogP) is 4.78. The number of anilines is 1. The molecule has 3 aliphatic heterocycles. The van der Waals surface area contributed by atoms with Gasteiger partial charge in [-0.25, -0.2) is 4.79 Å². The van der Waals surface area contributed by atoms with Gasteiger partial charge in [0.2, 0.25) is 0 Å². The van der Waals surface area contributed by atoms with Crippen molar-refractivity contribution < 1.29 is 9.53 Å². The lowest BCUT2D eigenvalue weighted by Gasteiger charge is -2.39. The summed E-state index contributed by atoms with van der Waals surface area (Å²) >= 11 is 0. The van der Waals surface area contributed by atoms with Crippen molar-refractivity contribution in [3.63, 3.8) is 0 Å². The molecule has 3 aliphatic rings. The SMILES string of the molecule is O=C(Nc1cccc2c1COCC2)N1C2CCC1CC(Cc1ccccc1)C2. The van der Waals surface area contributed by atoms with Crippen LogP contribution in [-0.4, -0.2) is 29.6 Å². The Kier molecular flexibility index (Phi) is 4.81. The summed E-state index contributed by atoms with van der Waals surface area (Å²) in [4.78, 5) is 15.3. The number of nitrogens with zero attached hydrogens (tertiary/aromatic N) is 1. The maximum atomic E-state index is 13.2. The van der Waals surface area contributed by atoms with Crippen LogP contribution in [0.15, 0.2) is 48.5 Å². The van der Waals surface area contributed by atoms with Gasteiger partial charge in [0.1, 0.15) is 0 Å². The average molecular weight is 377 g/mol. The minimum absolute atomic E-state index is 0.0737. The minimum Gasteiger partial charge on any atom is -0.376 e. The lowest BCUT2D eigenvalue weighted by atomic mass is 9.86. The number of rotatable bonds is 3. The third-order valence-electron chi connectivity index (χ3n) is 6.71. The number of nitrogens with one attached hydrogen (secondary N) is 1. The number of amides is 2. The lowest BCUT2D eigenvalue weighted by molar-refractivity contribution is 0.111. The van der Waals surface area contributed by atoms with Crippen molar-refractivity contribution in [2.75, 3.05) is 11.9 Å². The number of piperidine rings is 1. The van der Waals surface area contributed by atoms with E-state index >= 15 is 0 Å². The molecule has 28 heavy (non-hydrogen) atoms. The van der Waals surface area contributed by atoms with Gasteiger partial charge in [0.25, 0.3) is 0 Å². The second-order valence-electron chi connectivity index (χ2n) is 8.50. The molecular formula is C24H28N2O2. The molecule has 2 unspecified atom stereocenters. The van der Waals surface area contributed by atoms with E-state index in [0.29, 0.717) is 24.6 Å². The van der Waals surface area contributed by atoms with Gasteiger partial charge < -0.3 is 15.0 Å². The van der Waals surface area contributed by atoms with Crippen LogP contribution in [0.3, 0.4) is 0 Å². The number of carbonyl (C=O) groups excluding carboxylic acids is 1. The summed E-state index contributed by atoms with van der Waals surface area (Å²) in [5.41, 5.74) is 4.79. The van der Waals surface area contributed by atoms with E-state index < -0.39 is 0 Å². The highest BCUT2D eigenvalue weighted by Crippen LogP contribution is 2.40. The van der Waals surface area contributed by atoms with Gasteiger partial charge in [-0.3, -0.25) is 0 Å². The van der Waals surface area contributed by atoms with Gasteiger partial charge in [-0.1, -0.05) is 42.5 Å². The first-order chi connectivity index (χ1) is 13.8. The van der Waals surface area contributed by atoms with Crippen LogP contribution >= 0.6 is 0 Å². The van der Waals surface area contributed by atoms with Crippen molar-refractivity contribution in [3.05, 3.63) is 65.2 Å². The van der Waals surface area contributed by atoms with Gasteiger partial charge in [-0.15, -0.1) is 0 Å². The molecule has 2 bridgehead atoms. The Labute approximate surface area is 166 Å². The number of benzene rings is 2. The van der Waals surface area contributed by atoms with E-state index in [1.807, 2.05) is 12.1 Å². The summed E-state index contributed by atoms with van der Waals surface area (Å²) in [7, 11) is 0. The monoisotopic (exact) mass is 376 g/mol. The van der Waals surface area contributed by atoms with Crippen molar-refractivity contribution in [1.29, 1.82) is 0 Å². The summed E-state index contributed by atoms with van der Waals surface area (Å²) < 4.78 is 5.62. The fraction of sp³-hybridized carbons (Fsp3) is 0.458. The molecule has 0 aromatic heterocycles. The summed E-state index contributed by atoms with van der Waals surface area (Å²) in [6, 6.07) is 17.8. The summed E-state index contributed by atoms with van der Waals surface area (Å²) in [6.07, 6.45) is 6.57. The average Bonchev–Trinajstić information content (AvgIpc) is 3.00. The number of hydrogen-bond donors (Lipinski definition) is 1. The van der Waals surface area contributed by atoms with Crippen LogP contribution in [0.1, 0.15) is 42.4 Å². The quantitative estimate of drug-likeness (QED) is 0.838. The number of urea groups is 1. The molecule has 2 fully saturated rings. The van der Waals surface area contributed by atoms with E-state index in [-0.39, 0.29) is 6.03 Å². The van der Waals surface area contributed by atoms with Crippen LogP contribution in [0.5, 0.6) is 0 Å². The normalized spacial score (nSPS) is 26.0. The number of fused-ring (bicyclic) bond motifs is 3. The fourth-order valence-electron chi connectivity index (χ4n) is 5.43. The van der Waals surface area contributed by atoms with Crippen LogP contribution in [0.4, 0.5) is 10.5 Å². The first-order valence-corrected chi connectivity index (χ1v) is 10.6. The highest BCUT2D eigenvalue weighted by molar-refractivity contribution is 5.91. The van der Waals surface area contributed by atoms with Crippen molar-refractivity contribution >= 4 is 11.7 Å². The zero-order valence-electron chi connectivity index (χ0n) is 16.3. The zero-order valence-corrected chi connectivity index (χ0v) is 16.3. The molecule has 0 radical (unpaired) electrons. The van der Waals surface area contributed by atoms with Crippen LogP contribution in [-0.2, 0) is 24.2 Å². The Balaban J connectivity index is 1.27. The van der Waals surface area contributed by atoms with Crippen LogP contribution in [0.2, 0.25) is 0 Å². The van der Waals surface area contributed by atoms with E-state index in [1.54, 1.807) is 0 Å². The second kappa shape index (κ2) is 7.59. The number of carbonyl (C=O) groups is 1. The third kappa shape index (κ3) is 3.42. The largest absolute Gasteiger partial charge is 0.376 e. The van der Waals surface area contributed by atoms with E-state index in [1.165, 1.54) is 11.1 Å². The maximum absolute atomic E-state index is 13.2. The molecule has 0 spiro atoms. The van der Waals surface area contributed by atoms with Gasteiger partial charge in [0.15, 0.2) is 0 Å². The molecule has 2 atom stereocenters. The standard InChI is InChI=1S/C24H28N2O2/c27-24(25-23-8-4-7-19-11-12-28-16-22(19)23)26-20-9-10-21(26)15-18(14-20)13-17-5-2-1-3-6-17/h1-8,18,20-21H,9-16H2,(H,25,27). The fourth-order valence-corrected chi connectivity index (χ4v) is 5.43. The van der Waals surface area contributed by atoms with Crippen LogP contribution in [0.25, 0.3) is 0 Å². The Morgan fingerprint density at radius 2 is 1.82 bits per heavy atom. The molecule has 1 N–H and O–H groups in total. The molecule has 2 aromatic rings.